The van der Waals surface area contributed by atoms with Crippen LogP contribution < -0.4 is 5.32 Å². The highest BCUT2D eigenvalue weighted by molar-refractivity contribution is 5.76. The predicted molar refractivity (Wildman–Crippen MR) is 292 cm³/mol. The number of aliphatic hydroxyl groups excluding tert-OH is 6. The molecule has 2 unspecified atom stereocenters. The Kier molecular flexibility index (Phi) is 48.3. The highest BCUT2D eigenvalue weighted by atomic mass is 16.7. The van der Waals surface area contributed by atoms with E-state index in [-0.39, 0.29) is 18.9 Å². The molecule has 418 valence electrons. The largest absolute Gasteiger partial charge is 0.394 e. The molecule has 10 nitrogen and oxygen atoms in total. The third-order valence-electron chi connectivity index (χ3n) is 15.3. The standard InChI is InChI=1S/C60H119NO9/c1-3-5-7-9-11-13-15-16-17-18-19-20-21-22-23-24-25-26-27-28-29-30-31-32-33-34-35-36-37-39-41-43-45-47-49-55(64)61-52(51-69-60-59(68)58(67)57(66)54(50-62)70-60)56(65)53(63)48-46-44-42-40-38-14-12-10-8-6-4-2/h52-54,56-60,62-63,65-68H,3-51H2,1-2H3,(H,61,64)/t52-,53+,54+,56-,57-,58?,59?,60+/m0/s1. The van der Waals surface area contributed by atoms with E-state index in [1.807, 2.05) is 0 Å². The molecule has 1 heterocycles. The maximum Gasteiger partial charge on any atom is 0.220 e. The molecule has 0 saturated carbocycles. The van der Waals surface area contributed by atoms with Crippen molar-refractivity contribution in [3.63, 3.8) is 0 Å². The summed E-state index contributed by atoms with van der Waals surface area (Å²) in [5.41, 5.74) is 0. The first-order valence-corrected chi connectivity index (χ1v) is 30.8. The van der Waals surface area contributed by atoms with E-state index in [1.54, 1.807) is 0 Å². The number of rotatable bonds is 54. The maximum atomic E-state index is 13.1. The lowest BCUT2D eigenvalue weighted by atomic mass is 9.98. The zero-order valence-corrected chi connectivity index (χ0v) is 46.2. The van der Waals surface area contributed by atoms with Gasteiger partial charge in [0.1, 0.15) is 30.5 Å². The van der Waals surface area contributed by atoms with Crippen molar-refractivity contribution >= 4 is 5.91 Å². The number of carbonyl (C=O) groups is 1. The van der Waals surface area contributed by atoms with Gasteiger partial charge in [0.25, 0.3) is 0 Å². The number of amides is 1. The highest BCUT2D eigenvalue weighted by Crippen LogP contribution is 2.24. The van der Waals surface area contributed by atoms with Gasteiger partial charge in [-0.25, -0.2) is 0 Å². The van der Waals surface area contributed by atoms with Crippen molar-refractivity contribution in [1.82, 2.24) is 5.32 Å². The Bertz CT molecular complexity index is 1080. The van der Waals surface area contributed by atoms with E-state index in [4.69, 9.17) is 9.47 Å². The van der Waals surface area contributed by atoms with Gasteiger partial charge in [-0.15, -0.1) is 0 Å². The molecule has 0 radical (unpaired) electrons. The second-order valence-electron chi connectivity index (χ2n) is 22.0. The molecule has 0 aromatic carbocycles. The first-order valence-electron chi connectivity index (χ1n) is 30.8. The summed E-state index contributed by atoms with van der Waals surface area (Å²) < 4.78 is 11.2. The molecule has 0 spiro atoms. The Labute approximate surface area is 432 Å². The summed E-state index contributed by atoms with van der Waals surface area (Å²) in [5, 5.41) is 65.4. The second-order valence-corrected chi connectivity index (χ2v) is 22.0. The molecule has 8 atom stereocenters. The third-order valence-corrected chi connectivity index (χ3v) is 15.3. The summed E-state index contributed by atoms with van der Waals surface area (Å²) in [6.07, 6.45) is 50.3. The zero-order chi connectivity index (χ0) is 51.0. The van der Waals surface area contributed by atoms with Crippen molar-refractivity contribution in [3.05, 3.63) is 0 Å². The Balaban J connectivity index is 2.08. The molecule has 1 aliphatic rings. The molecule has 0 bridgehead atoms. The van der Waals surface area contributed by atoms with Gasteiger partial charge in [0.15, 0.2) is 6.29 Å². The molecule has 0 aromatic rings. The average Bonchev–Trinajstić information content (AvgIpc) is 3.36. The van der Waals surface area contributed by atoms with Crippen LogP contribution in [0.25, 0.3) is 0 Å². The first kappa shape index (κ1) is 67.2. The van der Waals surface area contributed by atoms with E-state index in [9.17, 15) is 35.4 Å². The Morgan fingerprint density at radius 3 is 1.06 bits per heavy atom. The van der Waals surface area contributed by atoms with Crippen LogP contribution in [0.2, 0.25) is 0 Å². The Morgan fingerprint density at radius 2 is 0.743 bits per heavy atom. The molecule has 0 aromatic heterocycles. The van der Waals surface area contributed by atoms with Crippen LogP contribution in [0.5, 0.6) is 0 Å². The summed E-state index contributed by atoms with van der Waals surface area (Å²) in [6, 6.07) is -0.985. The van der Waals surface area contributed by atoms with E-state index in [0.29, 0.717) is 6.42 Å². The number of ether oxygens (including phenoxy) is 2. The van der Waals surface area contributed by atoms with Gasteiger partial charge in [-0.3, -0.25) is 4.79 Å². The van der Waals surface area contributed by atoms with Crippen LogP contribution in [-0.4, -0.2) is 98.7 Å². The summed E-state index contributed by atoms with van der Waals surface area (Å²) >= 11 is 0. The minimum atomic E-state index is -1.60. The number of carbonyl (C=O) groups excluding carboxylic acids is 1. The average molecular weight is 999 g/mol. The number of hydrogen-bond acceptors (Lipinski definition) is 9. The van der Waals surface area contributed by atoms with Gasteiger partial charge in [-0.2, -0.15) is 0 Å². The van der Waals surface area contributed by atoms with Gasteiger partial charge < -0.3 is 45.4 Å². The van der Waals surface area contributed by atoms with Crippen molar-refractivity contribution in [2.45, 2.75) is 365 Å². The molecule has 10 heteroatoms. The lowest BCUT2D eigenvalue weighted by Gasteiger charge is -2.40. The summed E-state index contributed by atoms with van der Waals surface area (Å²) in [6.45, 7) is 3.64. The monoisotopic (exact) mass is 998 g/mol. The molecule has 0 aliphatic carbocycles. The van der Waals surface area contributed by atoms with E-state index in [1.165, 1.54) is 244 Å². The minimum absolute atomic E-state index is 0.251. The van der Waals surface area contributed by atoms with E-state index in [0.717, 1.165) is 44.9 Å². The number of nitrogens with one attached hydrogen (secondary N) is 1. The van der Waals surface area contributed by atoms with Crippen LogP contribution in [0.15, 0.2) is 0 Å². The van der Waals surface area contributed by atoms with Crippen molar-refractivity contribution in [2.24, 2.45) is 0 Å². The van der Waals surface area contributed by atoms with Gasteiger partial charge in [0.05, 0.1) is 25.4 Å². The predicted octanol–water partition coefficient (Wildman–Crippen LogP) is 14.4. The topological polar surface area (TPSA) is 169 Å². The number of aliphatic hydroxyl groups is 6. The lowest BCUT2D eigenvalue weighted by molar-refractivity contribution is -0.303. The molecule has 7 N–H and O–H groups in total. The maximum absolute atomic E-state index is 13.1. The fraction of sp³-hybridized carbons (Fsp3) is 0.983. The number of hydrogen-bond donors (Lipinski definition) is 7. The molecule has 1 saturated heterocycles. The molecule has 70 heavy (non-hydrogen) atoms. The van der Waals surface area contributed by atoms with Crippen molar-refractivity contribution < 1.29 is 44.9 Å². The van der Waals surface area contributed by atoms with Gasteiger partial charge in [-0.1, -0.05) is 296 Å². The molecular weight excluding hydrogens is 879 g/mol. The Morgan fingerprint density at radius 1 is 0.443 bits per heavy atom. The minimum Gasteiger partial charge on any atom is -0.394 e. The van der Waals surface area contributed by atoms with Crippen molar-refractivity contribution in [2.75, 3.05) is 13.2 Å². The zero-order valence-electron chi connectivity index (χ0n) is 46.2. The molecule has 1 aliphatic heterocycles. The van der Waals surface area contributed by atoms with Crippen molar-refractivity contribution in [3.8, 4) is 0 Å². The Hall–Kier alpha value is -0.850. The van der Waals surface area contributed by atoms with Gasteiger partial charge in [0, 0.05) is 6.42 Å². The lowest BCUT2D eigenvalue weighted by Crippen LogP contribution is -2.60. The van der Waals surface area contributed by atoms with Crippen LogP contribution in [0.1, 0.15) is 316 Å². The molecule has 1 fully saturated rings. The highest BCUT2D eigenvalue weighted by Gasteiger charge is 2.44. The van der Waals surface area contributed by atoms with Crippen LogP contribution in [-0.2, 0) is 14.3 Å². The SMILES string of the molecule is CCCCCCCCCCCCCCCCCCCCCCCCCCCCCCCCCCCCC(=O)N[C@@H](CO[C@@H]1O[C@H](CO)[C@H](O)C(O)C1O)[C@H](O)[C@H](O)CCCCCCCCCCCCC. The van der Waals surface area contributed by atoms with Gasteiger partial charge in [-0.05, 0) is 12.8 Å². The third kappa shape index (κ3) is 38.7. The summed E-state index contributed by atoms with van der Waals surface area (Å²) in [7, 11) is 0. The molecular formula is C60H119NO9. The normalized spacial score (nSPS) is 19.7. The van der Waals surface area contributed by atoms with Crippen LogP contribution in [0.3, 0.4) is 0 Å². The first-order chi connectivity index (χ1) is 34.3. The fourth-order valence-electron chi connectivity index (χ4n) is 10.4. The van der Waals surface area contributed by atoms with Crippen LogP contribution in [0.4, 0.5) is 0 Å². The fourth-order valence-corrected chi connectivity index (χ4v) is 10.4. The quantitative estimate of drug-likeness (QED) is 0.0293. The summed E-state index contributed by atoms with van der Waals surface area (Å²) in [4.78, 5) is 13.1. The summed E-state index contributed by atoms with van der Waals surface area (Å²) in [5.74, 6) is -0.251. The van der Waals surface area contributed by atoms with E-state index < -0.39 is 55.6 Å². The van der Waals surface area contributed by atoms with Crippen molar-refractivity contribution in [1.29, 1.82) is 0 Å². The molecule has 1 rings (SSSR count). The smallest absolute Gasteiger partial charge is 0.220 e. The number of unbranched alkanes of at least 4 members (excludes halogenated alkanes) is 43. The van der Waals surface area contributed by atoms with Gasteiger partial charge in [0.2, 0.25) is 5.91 Å². The van der Waals surface area contributed by atoms with E-state index >= 15 is 0 Å². The van der Waals surface area contributed by atoms with Crippen LogP contribution >= 0.6 is 0 Å². The van der Waals surface area contributed by atoms with E-state index in [2.05, 4.69) is 19.2 Å². The van der Waals surface area contributed by atoms with Gasteiger partial charge >= 0.3 is 0 Å². The molecule has 1 amide bonds. The van der Waals surface area contributed by atoms with Crippen LogP contribution in [0, 0.1) is 0 Å². The second kappa shape index (κ2) is 50.3.